The first-order valence-corrected chi connectivity index (χ1v) is 8.94. The Morgan fingerprint density at radius 2 is 1.96 bits per heavy atom. The number of rotatable bonds is 5. The van der Waals surface area contributed by atoms with Crippen molar-refractivity contribution in [3.63, 3.8) is 0 Å². The van der Waals surface area contributed by atoms with E-state index in [1.807, 2.05) is 18.5 Å². The maximum Gasteiger partial charge on any atom is 0.222 e. The van der Waals surface area contributed by atoms with Gasteiger partial charge in [-0.3, -0.25) is 14.7 Å². The fourth-order valence-corrected chi connectivity index (χ4v) is 4.04. The monoisotopic (exact) mass is 337 g/mol. The molecule has 0 bridgehead atoms. The van der Waals surface area contributed by atoms with Gasteiger partial charge in [0.1, 0.15) is 6.33 Å². The minimum absolute atomic E-state index is 0.250. The third-order valence-electron chi connectivity index (χ3n) is 5.37. The summed E-state index contributed by atoms with van der Waals surface area (Å²) in [6, 6.07) is 4.60. The van der Waals surface area contributed by atoms with Gasteiger partial charge in [-0.25, -0.2) is 9.97 Å². The second kappa shape index (κ2) is 7.27. The van der Waals surface area contributed by atoms with Crippen LogP contribution in [0.15, 0.2) is 43.2 Å². The van der Waals surface area contributed by atoms with Crippen molar-refractivity contribution >= 4 is 5.91 Å². The molecule has 25 heavy (non-hydrogen) atoms. The fraction of sp³-hybridized carbons (Fsp3) is 0.474. The molecule has 0 aromatic carbocycles. The Kier molecular flexibility index (Phi) is 4.70. The molecule has 130 valence electrons. The van der Waals surface area contributed by atoms with Crippen LogP contribution in [-0.4, -0.2) is 56.3 Å². The minimum atomic E-state index is 0.250. The minimum Gasteiger partial charge on any atom is -0.341 e. The molecule has 6 nitrogen and oxygen atoms in total. The first-order valence-electron chi connectivity index (χ1n) is 8.94. The van der Waals surface area contributed by atoms with Gasteiger partial charge in [0.15, 0.2) is 0 Å². The number of nitrogens with zero attached hydrogens (tertiary/aromatic N) is 5. The summed E-state index contributed by atoms with van der Waals surface area (Å²) in [5.74, 6) is 0.861. The third-order valence-corrected chi connectivity index (χ3v) is 5.37. The normalized spacial score (nSPS) is 23.0. The third kappa shape index (κ3) is 3.69. The Balaban J connectivity index is 1.32. The number of hydrogen-bond acceptors (Lipinski definition) is 5. The number of fused-ring (bicyclic) bond motifs is 1. The first kappa shape index (κ1) is 16.1. The lowest BCUT2D eigenvalue weighted by Crippen LogP contribution is -2.36. The van der Waals surface area contributed by atoms with Crippen molar-refractivity contribution in [2.45, 2.75) is 31.8 Å². The quantitative estimate of drug-likeness (QED) is 0.828. The summed E-state index contributed by atoms with van der Waals surface area (Å²) >= 11 is 0. The van der Waals surface area contributed by atoms with Crippen molar-refractivity contribution in [2.24, 2.45) is 5.92 Å². The Hall–Kier alpha value is -2.34. The number of carbonyl (C=O) groups excluding carboxylic acids is 1. The van der Waals surface area contributed by atoms with Gasteiger partial charge >= 0.3 is 0 Å². The highest BCUT2D eigenvalue weighted by atomic mass is 16.2. The van der Waals surface area contributed by atoms with Crippen LogP contribution in [0.5, 0.6) is 0 Å². The molecule has 0 spiro atoms. The van der Waals surface area contributed by atoms with Crippen molar-refractivity contribution in [2.75, 3.05) is 19.6 Å². The molecule has 4 heterocycles. The Bertz CT molecular complexity index is 708. The van der Waals surface area contributed by atoms with Gasteiger partial charge in [-0.1, -0.05) is 6.07 Å². The van der Waals surface area contributed by atoms with Crippen molar-refractivity contribution in [3.8, 4) is 0 Å². The van der Waals surface area contributed by atoms with Gasteiger partial charge in [0.05, 0.1) is 0 Å². The Morgan fingerprint density at radius 1 is 1.12 bits per heavy atom. The Morgan fingerprint density at radius 3 is 2.76 bits per heavy atom. The van der Waals surface area contributed by atoms with Gasteiger partial charge in [-0.15, -0.1) is 0 Å². The zero-order valence-electron chi connectivity index (χ0n) is 14.3. The number of pyridine rings is 1. The Labute approximate surface area is 147 Å². The highest BCUT2D eigenvalue weighted by molar-refractivity contribution is 5.76. The van der Waals surface area contributed by atoms with Gasteiger partial charge in [0, 0.05) is 56.9 Å². The largest absolute Gasteiger partial charge is 0.341 e. The highest BCUT2D eigenvalue weighted by Gasteiger charge is 2.42. The smallest absolute Gasteiger partial charge is 0.222 e. The number of hydrogen-bond donors (Lipinski definition) is 0. The van der Waals surface area contributed by atoms with Crippen LogP contribution in [0, 0.1) is 5.92 Å². The van der Waals surface area contributed by atoms with E-state index in [0.29, 0.717) is 24.8 Å². The highest BCUT2D eigenvalue weighted by Crippen LogP contribution is 2.32. The van der Waals surface area contributed by atoms with Crippen LogP contribution in [0.3, 0.4) is 0 Å². The van der Waals surface area contributed by atoms with Gasteiger partial charge < -0.3 is 4.90 Å². The van der Waals surface area contributed by atoms with Crippen LogP contribution in [0.25, 0.3) is 0 Å². The standard InChI is InChI=1S/C19H23N5O/c25-19(4-3-15-8-21-14-22-9-15)24-12-17-5-7-23(18(17)13-24)11-16-2-1-6-20-10-16/h1-2,6,8-10,14,17-18H,3-5,7,11-13H2/t17-,18+/m0/s1. The number of amides is 1. The van der Waals surface area contributed by atoms with Crippen molar-refractivity contribution in [3.05, 3.63) is 54.4 Å². The van der Waals surface area contributed by atoms with E-state index in [9.17, 15) is 4.79 Å². The molecule has 6 heteroatoms. The molecule has 2 aliphatic rings. The van der Waals surface area contributed by atoms with Crippen LogP contribution >= 0.6 is 0 Å². The van der Waals surface area contributed by atoms with E-state index < -0.39 is 0 Å². The summed E-state index contributed by atoms with van der Waals surface area (Å²) in [7, 11) is 0. The summed E-state index contributed by atoms with van der Waals surface area (Å²) in [6.07, 6.45) is 11.3. The maximum absolute atomic E-state index is 12.6. The molecular formula is C19H23N5O. The van der Waals surface area contributed by atoms with Gasteiger partial charge in [0.25, 0.3) is 0 Å². The molecule has 0 saturated carbocycles. The molecule has 2 fully saturated rings. The molecule has 2 saturated heterocycles. The predicted molar refractivity (Wildman–Crippen MR) is 93.5 cm³/mol. The number of carbonyl (C=O) groups is 1. The van der Waals surface area contributed by atoms with Crippen LogP contribution in [0.1, 0.15) is 24.0 Å². The molecule has 0 aliphatic carbocycles. The summed E-state index contributed by atoms with van der Waals surface area (Å²) in [6.45, 7) is 3.80. The number of aryl methyl sites for hydroxylation is 1. The zero-order valence-corrected chi connectivity index (χ0v) is 14.3. The molecule has 2 atom stereocenters. The van der Waals surface area contributed by atoms with Crippen molar-refractivity contribution in [1.29, 1.82) is 0 Å². The molecule has 2 aromatic rings. The maximum atomic E-state index is 12.6. The topological polar surface area (TPSA) is 62.2 Å². The number of aromatic nitrogens is 3. The lowest BCUT2D eigenvalue weighted by molar-refractivity contribution is -0.130. The summed E-state index contributed by atoms with van der Waals surface area (Å²) in [5.41, 5.74) is 2.27. The summed E-state index contributed by atoms with van der Waals surface area (Å²) in [5, 5.41) is 0. The first-order chi connectivity index (χ1) is 12.3. The average Bonchev–Trinajstić information content (AvgIpc) is 3.24. The van der Waals surface area contributed by atoms with Gasteiger partial charge in [-0.2, -0.15) is 0 Å². The van der Waals surface area contributed by atoms with Crippen LogP contribution < -0.4 is 0 Å². The van der Waals surface area contributed by atoms with Crippen LogP contribution in [0.4, 0.5) is 0 Å². The molecule has 0 unspecified atom stereocenters. The van der Waals surface area contributed by atoms with Gasteiger partial charge in [0.2, 0.25) is 5.91 Å². The summed E-state index contributed by atoms with van der Waals surface area (Å²) in [4.78, 5) is 29.4. The molecular weight excluding hydrogens is 314 g/mol. The molecule has 4 rings (SSSR count). The number of likely N-dealkylation sites (tertiary alicyclic amines) is 2. The second-order valence-corrected chi connectivity index (χ2v) is 6.99. The molecule has 2 aliphatic heterocycles. The van der Waals surface area contributed by atoms with E-state index in [-0.39, 0.29) is 5.91 Å². The van der Waals surface area contributed by atoms with Crippen LogP contribution in [0.2, 0.25) is 0 Å². The molecule has 0 N–H and O–H groups in total. The molecule has 0 radical (unpaired) electrons. The molecule has 2 aromatic heterocycles. The lowest BCUT2D eigenvalue weighted by Gasteiger charge is -2.24. The predicted octanol–water partition coefficient (Wildman–Crippen LogP) is 1.54. The summed E-state index contributed by atoms with van der Waals surface area (Å²) < 4.78 is 0. The second-order valence-electron chi connectivity index (χ2n) is 6.99. The van der Waals surface area contributed by atoms with E-state index in [0.717, 1.165) is 31.7 Å². The van der Waals surface area contributed by atoms with E-state index in [2.05, 4.69) is 30.8 Å². The lowest BCUT2D eigenvalue weighted by atomic mass is 10.1. The van der Waals surface area contributed by atoms with E-state index >= 15 is 0 Å². The van der Waals surface area contributed by atoms with E-state index in [1.165, 1.54) is 18.3 Å². The SMILES string of the molecule is O=C(CCc1cncnc1)N1C[C@@H]2CCN(Cc3cccnc3)[C@@H]2C1. The van der Waals surface area contributed by atoms with Crippen molar-refractivity contribution in [1.82, 2.24) is 24.8 Å². The van der Waals surface area contributed by atoms with Gasteiger partial charge in [-0.05, 0) is 42.5 Å². The zero-order chi connectivity index (χ0) is 17.1. The fourth-order valence-electron chi connectivity index (χ4n) is 4.04. The molecule has 1 amide bonds. The van der Waals surface area contributed by atoms with Crippen LogP contribution in [-0.2, 0) is 17.8 Å². The van der Waals surface area contributed by atoms with E-state index in [4.69, 9.17) is 0 Å². The average molecular weight is 337 g/mol. The van der Waals surface area contributed by atoms with E-state index in [1.54, 1.807) is 12.4 Å². The van der Waals surface area contributed by atoms with Crippen molar-refractivity contribution < 1.29 is 4.79 Å².